The molecule has 0 bridgehead atoms. The number of hydrogen-bond donors (Lipinski definition) is 1. The van der Waals surface area contributed by atoms with Crippen molar-refractivity contribution in [1.29, 1.82) is 0 Å². The zero-order valence-corrected chi connectivity index (χ0v) is 25.7. The lowest BCUT2D eigenvalue weighted by Crippen LogP contribution is -2.28. The minimum Gasteiger partial charge on any atom is -0.508 e. The molecule has 3 nitrogen and oxygen atoms in total. The summed E-state index contributed by atoms with van der Waals surface area (Å²) in [6.07, 6.45) is 19.2. The van der Waals surface area contributed by atoms with Gasteiger partial charge in [0, 0.05) is 0 Å². The molecule has 2 aromatic rings. The number of ether oxygens (including phenoxy) is 1. The number of aromatic hydroxyl groups is 1. The van der Waals surface area contributed by atoms with Crippen molar-refractivity contribution >= 4 is 5.97 Å². The van der Waals surface area contributed by atoms with E-state index in [-0.39, 0.29) is 17.6 Å². The van der Waals surface area contributed by atoms with Crippen LogP contribution in [0.15, 0.2) is 48.5 Å². The van der Waals surface area contributed by atoms with Crippen LogP contribution >= 0.6 is 0 Å². The van der Waals surface area contributed by atoms with Crippen LogP contribution in [0.2, 0.25) is 0 Å². The van der Waals surface area contributed by atoms with E-state index in [4.69, 9.17) is 4.74 Å². The number of carbonyl (C=O) groups is 1. The molecule has 220 valence electrons. The van der Waals surface area contributed by atoms with E-state index in [1.807, 2.05) is 26.0 Å². The predicted molar refractivity (Wildman–Crippen MR) is 166 cm³/mol. The third-order valence-electron chi connectivity index (χ3n) is 10.3. The molecular formula is C37H54O3. The lowest BCUT2D eigenvalue weighted by Gasteiger charge is -2.30. The topological polar surface area (TPSA) is 46.5 Å². The zero-order valence-electron chi connectivity index (χ0n) is 25.7. The molecule has 3 aliphatic rings. The Morgan fingerprint density at radius 2 is 1.32 bits per heavy atom. The van der Waals surface area contributed by atoms with Gasteiger partial charge in [-0.15, -0.1) is 0 Å². The van der Waals surface area contributed by atoms with E-state index in [1.54, 1.807) is 37.8 Å². The van der Waals surface area contributed by atoms with Gasteiger partial charge in [-0.25, -0.2) is 0 Å². The lowest BCUT2D eigenvalue weighted by molar-refractivity contribution is -0.151. The second-order valence-corrected chi connectivity index (χ2v) is 13.7. The first-order valence-electron chi connectivity index (χ1n) is 16.2. The Morgan fingerprint density at radius 3 is 1.90 bits per heavy atom. The lowest BCUT2D eigenvalue weighted by atomic mass is 9.75. The van der Waals surface area contributed by atoms with Crippen molar-refractivity contribution in [2.75, 3.05) is 7.11 Å². The summed E-state index contributed by atoms with van der Waals surface area (Å²) in [6, 6.07) is 16.7. The van der Waals surface area contributed by atoms with Gasteiger partial charge >= 0.3 is 5.97 Å². The predicted octanol–water partition coefficient (Wildman–Crippen LogP) is 10.3. The molecule has 3 saturated carbocycles. The van der Waals surface area contributed by atoms with Crippen molar-refractivity contribution in [3.05, 3.63) is 65.2 Å². The van der Waals surface area contributed by atoms with Gasteiger partial charge in [-0.05, 0) is 97.9 Å². The fourth-order valence-electron chi connectivity index (χ4n) is 7.84. The third kappa shape index (κ3) is 8.37. The molecule has 4 unspecified atom stereocenters. The van der Waals surface area contributed by atoms with Crippen molar-refractivity contribution in [2.24, 2.45) is 17.3 Å². The summed E-state index contributed by atoms with van der Waals surface area (Å²) in [7, 11) is 1.45. The van der Waals surface area contributed by atoms with Crippen molar-refractivity contribution in [2.45, 2.75) is 128 Å². The second-order valence-electron chi connectivity index (χ2n) is 13.7. The number of benzene rings is 2. The maximum absolute atomic E-state index is 12.3. The SMILES string of the molecule is C1CCC2CCCC2C1.COC(=O)C(C)(C)CC(CC(C)c1ccc(C2CCCCC2)cc1)c1ccc(O)cc1. The number of hydrogen-bond acceptors (Lipinski definition) is 3. The number of rotatable bonds is 8. The summed E-state index contributed by atoms with van der Waals surface area (Å²) in [5.74, 6) is 3.71. The number of phenols is 1. The second kappa shape index (κ2) is 14.6. The van der Waals surface area contributed by atoms with Crippen molar-refractivity contribution in [3.63, 3.8) is 0 Å². The van der Waals surface area contributed by atoms with Gasteiger partial charge in [0.2, 0.25) is 0 Å². The molecule has 3 fully saturated rings. The molecule has 4 atom stereocenters. The summed E-state index contributed by atoms with van der Waals surface area (Å²) >= 11 is 0. The Kier molecular flexibility index (Phi) is 11.2. The standard InChI is InChI=1S/C28H38O3.C9H16/c1-20(21-10-12-23(13-11-21)22-8-6-5-7-9-22)18-25(19-28(2,3)27(30)31-4)24-14-16-26(29)17-15-24;1-2-5-9-7-3-6-8(9)4-1/h10-17,20,22,25,29H,5-9,18-19H2,1-4H3;8-9H,1-7H2. The molecule has 5 rings (SSSR count). The molecule has 0 radical (unpaired) electrons. The fraction of sp³-hybridized carbons (Fsp3) is 0.649. The van der Waals surface area contributed by atoms with Crippen molar-refractivity contribution < 1.29 is 14.6 Å². The highest BCUT2D eigenvalue weighted by Crippen LogP contribution is 2.42. The fourth-order valence-corrected chi connectivity index (χ4v) is 7.84. The Labute approximate surface area is 244 Å². The highest BCUT2D eigenvalue weighted by atomic mass is 16.5. The summed E-state index contributed by atoms with van der Waals surface area (Å²) in [4.78, 5) is 12.3. The molecule has 3 aliphatic carbocycles. The van der Waals surface area contributed by atoms with E-state index in [1.165, 1.54) is 81.4 Å². The van der Waals surface area contributed by atoms with Crippen LogP contribution in [0.1, 0.15) is 145 Å². The molecule has 0 aliphatic heterocycles. The van der Waals surface area contributed by atoms with Crippen LogP contribution in [-0.2, 0) is 9.53 Å². The minimum atomic E-state index is -0.568. The summed E-state index contributed by atoms with van der Waals surface area (Å²) in [5, 5.41) is 9.72. The van der Waals surface area contributed by atoms with Crippen LogP contribution in [0, 0.1) is 17.3 Å². The average molecular weight is 547 g/mol. The van der Waals surface area contributed by atoms with Gasteiger partial charge in [-0.1, -0.05) is 108 Å². The van der Waals surface area contributed by atoms with E-state index in [9.17, 15) is 9.90 Å². The highest BCUT2D eigenvalue weighted by molar-refractivity contribution is 5.75. The Bertz CT molecular complexity index is 1020. The summed E-state index contributed by atoms with van der Waals surface area (Å²) in [6.45, 7) is 6.18. The first-order valence-corrected chi connectivity index (χ1v) is 16.2. The van der Waals surface area contributed by atoms with Gasteiger partial charge in [0.15, 0.2) is 0 Å². The maximum Gasteiger partial charge on any atom is 0.311 e. The minimum absolute atomic E-state index is 0.180. The van der Waals surface area contributed by atoms with Crippen LogP contribution in [-0.4, -0.2) is 18.2 Å². The molecule has 0 spiro atoms. The summed E-state index contributed by atoms with van der Waals surface area (Å²) in [5.41, 5.74) is 3.42. The molecular weight excluding hydrogens is 492 g/mol. The van der Waals surface area contributed by atoms with Gasteiger partial charge in [0.05, 0.1) is 12.5 Å². The van der Waals surface area contributed by atoms with Gasteiger partial charge < -0.3 is 9.84 Å². The molecule has 1 N–H and O–H groups in total. The first-order chi connectivity index (χ1) is 19.3. The van der Waals surface area contributed by atoms with Gasteiger partial charge in [-0.2, -0.15) is 0 Å². The van der Waals surface area contributed by atoms with E-state index < -0.39 is 5.41 Å². The maximum atomic E-state index is 12.3. The highest BCUT2D eigenvalue weighted by Gasteiger charge is 2.33. The van der Waals surface area contributed by atoms with Crippen LogP contribution in [0.4, 0.5) is 0 Å². The van der Waals surface area contributed by atoms with Gasteiger partial charge in [0.25, 0.3) is 0 Å². The summed E-state index contributed by atoms with van der Waals surface area (Å²) < 4.78 is 5.05. The van der Waals surface area contributed by atoms with E-state index in [0.717, 1.165) is 17.9 Å². The molecule has 0 aromatic heterocycles. The number of methoxy groups -OCH3 is 1. The van der Waals surface area contributed by atoms with Crippen LogP contribution < -0.4 is 0 Å². The number of fused-ring (bicyclic) bond motifs is 1. The number of esters is 1. The smallest absolute Gasteiger partial charge is 0.311 e. The largest absolute Gasteiger partial charge is 0.508 e. The number of phenolic OH excluding ortho intramolecular Hbond substituents is 1. The van der Waals surface area contributed by atoms with Gasteiger partial charge in [0.1, 0.15) is 5.75 Å². The molecule has 2 aromatic carbocycles. The normalized spacial score (nSPS) is 22.9. The van der Waals surface area contributed by atoms with E-state index in [2.05, 4.69) is 31.2 Å². The van der Waals surface area contributed by atoms with Crippen LogP contribution in [0.25, 0.3) is 0 Å². The van der Waals surface area contributed by atoms with Gasteiger partial charge in [-0.3, -0.25) is 4.79 Å². The monoisotopic (exact) mass is 546 g/mol. The first kappa shape index (κ1) is 30.7. The van der Waals surface area contributed by atoms with Crippen molar-refractivity contribution in [3.8, 4) is 5.75 Å². The number of carbonyl (C=O) groups excluding carboxylic acids is 1. The van der Waals surface area contributed by atoms with E-state index in [0.29, 0.717) is 12.3 Å². The zero-order chi connectivity index (χ0) is 28.5. The molecule has 0 heterocycles. The Balaban J connectivity index is 0.000000343. The third-order valence-corrected chi connectivity index (χ3v) is 10.3. The molecule has 40 heavy (non-hydrogen) atoms. The Hall–Kier alpha value is -2.29. The average Bonchev–Trinajstić information content (AvgIpc) is 3.46. The quantitative estimate of drug-likeness (QED) is 0.335. The van der Waals surface area contributed by atoms with Crippen LogP contribution in [0.5, 0.6) is 5.75 Å². The Morgan fingerprint density at radius 1 is 0.800 bits per heavy atom. The molecule has 3 heteroatoms. The van der Waals surface area contributed by atoms with Crippen LogP contribution in [0.3, 0.4) is 0 Å². The van der Waals surface area contributed by atoms with E-state index >= 15 is 0 Å². The molecule has 0 saturated heterocycles. The van der Waals surface area contributed by atoms with Crippen molar-refractivity contribution in [1.82, 2.24) is 0 Å². The molecule has 0 amide bonds.